The van der Waals surface area contributed by atoms with Crippen LogP contribution in [-0.2, 0) is 0 Å². The zero-order chi connectivity index (χ0) is 12.1. The van der Waals surface area contributed by atoms with Crippen LogP contribution in [0.15, 0.2) is 24.3 Å². The van der Waals surface area contributed by atoms with Crippen molar-refractivity contribution in [1.29, 1.82) is 0 Å². The number of hydrogen-bond donors (Lipinski definition) is 1. The van der Waals surface area contributed by atoms with Gasteiger partial charge in [0.1, 0.15) is 0 Å². The molecule has 1 N–H and O–H groups in total. The molecule has 2 nitrogen and oxygen atoms in total. The molecule has 1 amide bonds. The number of hydrogen-bond acceptors (Lipinski definition) is 3. The van der Waals surface area contributed by atoms with Crippen molar-refractivity contribution >= 4 is 29.4 Å². The van der Waals surface area contributed by atoms with Crippen LogP contribution in [0.1, 0.15) is 33.8 Å². The second-order valence-electron chi connectivity index (χ2n) is 3.95. The molecule has 0 unspecified atom stereocenters. The van der Waals surface area contributed by atoms with Crippen LogP contribution in [0.4, 0.5) is 0 Å². The van der Waals surface area contributed by atoms with Crippen molar-refractivity contribution in [2.45, 2.75) is 17.9 Å². The Morgan fingerprint density at radius 1 is 1.29 bits per heavy atom. The Kier molecular flexibility index (Phi) is 4.80. The highest BCUT2D eigenvalue weighted by molar-refractivity contribution is 8.19. The van der Waals surface area contributed by atoms with E-state index in [1.54, 1.807) is 0 Å². The van der Waals surface area contributed by atoms with Crippen LogP contribution >= 0.6 is 23.5 Å². The number of amides is 1. The average molecular weight is 267 g/mol. The zero-order valence-corrected chi connectivity index (χ0v) is 11.6. The van der Waals surface area contributed by atoms with Gasteiger partial charge in [-0.05, 0) is 24.1 Å². The number of rotatable bonds is 4. The number of carbonyl (C=O) groups excluding carboxylic acids is 1. The van der Waals surface area contributed by atoms with Gasteiger partial charge in [-0.1, -0.05) is 19.1 Å². The van der Waals surface area contributed by atoms with Crippen molar-refractivity contribution in [2.75, 3.05) is 18.1 Å². The molecule has 1 aromatic rings. The zero-order valence-electron chi connectivity index (χ0n) is 9.94. The Morgan fingerprint density at radius 3 is 2.53 bits per heavy atom. The molecule has 0 aliphatic carbocycles. The molecule has 1 heterocycles. The maximum Gasteiger partial charge on any atom is 0.251 e. The van der Waals surface area contributed by atoms with Crippen LogP contribution in [-0.4, -0.2) is 24.0 Å². The van der Waals surface area contributed by atoms with Gasteiger partial charge in [0.2, 0.25) is 0 Å². The van der Waals surface area contributed by atoms with Gasteiger partial charge in [0, 0.05) is 23.6 Å². The molecule has 0 bridgehead atoms. The predicted molar refractivity (Wildman–Crippen MR) is 76.7 cm³/mol. The SMILES string of the molecule is CCCNC(=O)c1ccc(C2SCCS2)cc1. The smallest absolute Gasteiger partial charge is 0.251 e. The third-order valence-corrected chi connectivity index (χ3v) is 5.71. The minimum Gasteiger partial charge on any atom is -0.352 e. The van der Waals surface area contributed by atoms with Gasteiger partial charge < -0.3 is 5.32 Å². The van der Waals surface area contributed by atoms with Crippen molar-refractivity contribution < 1.29 is 4.79 Å². The van der Waals surface area contributed by atoms with Crippen LogP contribution < -0.4 is 5.32 Å². The number of benzene rings is 1. The Balaban J connectivity index is 1.99. The fourth-order valence-electron chi connectivity index (χ4n) is 1.68. The Hall–Kier alpha value is -0.610. The van der Waals surface area contributed by atoms with Crippen LogP contribution in [0.25, 0.3) is 0 Å². The summed E-state index contributed by atoms with van der Waals surface area (Å²) in [5.74, 6) is 2.49. The molecule has 1 fully saturated rings. The van der Waals surface area contributed by atoms with Crippen molar-refractivity contribution in [2.24, 2.45) is 0 Å². The lowest BCUT2D eigenvalue weighted by Crippen LogP contribution is -2.23. The van der Waals surface area contributed by atoms with E-state index in [4.69, 9.17) is 0 Å². The number of thioether (sulfide) groups is 2. The first-order chi connectivity index (χ1) is 8.31. The van der Waals surface area contributed by atoms with Crippen LogP contribution in [0.5, 0.6) is 0 Å². The summed E-state index contributed by atoms with van der Waals surface area (Å²) in [6.45, 7) is 2.80. The minimum absolute atomic E-state index is 0.0325. The molecular formula is C13H17NOS2. The molecule has 0 saturated carbocycles. The van der Waals surface area contributed by atoms with Gasteiger partial charge in [-0.2, -0.15) is 0 Å². The maximum absolute atomic E-state index is 11.7. The second-order valence-corrected chi connectivity index (χ2v) is 6.68. The monoisotopic (exact) mass is 267 g/mol. The molecule has 17 heavy (non-hydrogen) atoms. The Labute approximate surface area is 111 Å². The summed E-state index contributed by atoms with van der Waals surface area (Å²) < 4.78 is 0.558. The molecule has 1 aliphatic rings. The molecule has 2 rings (SSSR count). The van der Waals surface area contributed by atoms with Gasteiger partial charge in [0.05, 0.1) is 4.58 Å². The fourth-order valence-corrected chi connectivity index (χ4v) is 4.54. The van der Waals surface area contributed by atoms with Crippen LogP contribution in [0.3, 0.4) is 0 Å². The topological polar surface area (TPSA) is 29.1 Å². The van der Waals surface area contributed by atoms with E-state index in [1.807, 2.05) is 35.7 Å². The maximum atomic E-state index is 11.7. The third kappa shape index (κ3) is 3.42. The van der Waals surface area contributed by atoms with Crippen LogP contribution in [0, 0.1) is 0 Å². The molecule has 0 aromatic heterocycles. The minimum atomic E-state index is 0.0325. The van der Waals surface area contributed by atoms with E-state index >= 15 is 0 Å². The number of carbonyl (C=O) groups is 1. The summed E-state index contributed by atoms with van der Waals surface area (Å²) >= 11 is 3.97. The Bertz CT molecular complexity index is 372. The molecule has 1 aliphatic heterocycles. The molecule has 92 valence electrons. The standard InChI is InChI=1S/C13H17NOS2/c1-2-7-14-12(15)10-3-5-11(6-4-10)13-16-8-9-17-13/h3-6,13H,2,7-9H2,1H3,(H,14,15). The van der Waals surface area contributed by atoms with Gasteiger partial charge in [-0.3, -0.25) is 4.79 Å². The highest BCUT2D eigenvalue weighted by atomic mass is 32.2. The second kappa shape index (κ2) is 6.36. The fraction of sp³-hybridized carbons (Fsp3) is 0.462. The summed E-state index contributed by atoms with van der Waals surface area (Å²) in [5.41, 5.74) is 2.08. The van der Waals surface area contributed by atoms with E-state index in [-0.39, 0.29) is 5.91 Å². The van der Waals surface area contributed by atoms with Gasteiger partial charge in [-0.15, -0.1) is 23.5 Å². The van der Waals surface area contributed by atoms with E-state index in [1.165, 1.54) is 17.1 Å². The molecular weight excluding hydrogens is 250 g/mol. The quantitative estimate of drug-likeness (QED) is 0.907. The van der Waals surface area contributed by atoms with Gasteiger partial charge >= 0.3 is 0 Å². The highest BCUT2D eigenvalue weighted by Crippen LogP contribution is 2.45. The van der Waals surface area contributed by atoms with E-state index in [2.05, 4.69) is 24.4 Å². The molecule has 4 heteroatoms. The predicted octanol–water partition coefficient (Wildman–Crippen LogP) is 3.31. The van der Waals surface area contributed by atoms with Crippen molar-refractivity contribution in [3.05, 3.63) is 35.4 Å². The first kappa shape index (κ1) is 12.8. The lowest BCUT2D eigenvalue weighted by atomic mass is 10.1. The highest BCUT2D eigenvalue weighted by Gasteiger charge is 2.18. The molecule has 0 atom stereocenters. The van der Waals surface area contributed by atoms with E-state index in [9.17, 15) is 4.79 Å². The van der Waals surface area contributed by atoms with Crippen molar-refractivity contribution in [3.63, 3.8) is 0 Å². The van der Waals surface area contributed by atoms with Gasteiger partial charge in [0.25, 0.3) is 5.91 Å². The first-order valence-corrected chi connectivity index (χ1v) is 8.02. The molecule has 1 aromatic carbocycles. The van der Waals surface area contributed by atoms with Gasteiger partial charge in [-0.25, -0.2) is 0 Å². The lowest BCUT2D eigenvalue weighted by molar-refractivity contribution is 0.0953. The summed E-state index contributed by atoms with van der Waals surface area (Å²) in [6.07, 6.45) is 0.971. The summed E-state index contributed by atoms with van der Waals surface area (Å²) in [6, 6.07) is 8.02. The average Bonchev–Trinajstić information content (AvgIpc) is 2.90. The molecule has 0 spiro atoms. The molecule has 0 radical (unpaired) electrons. The summed E-state index contributed by atoms with van der Waals surface area (Å²) in [4.78, 5) is 11.7. The van der Waals surface area contributed by atoms with E-state index in [0.717, 1.165) is 18.5 Å². The van der Waals surface area contributed by atoms with Crippen molar-refractivity contribution in [1.82, 2.24) is 5.32 Å². The third-order valence-electron chi connectivity index (χ3n) is 2.60. The Morgan fingerprint density at radius 2 is 1.94 bits per heavy atom. The normalized spacial score (nSPS) is 16.1. The first-order valence-electron chi connectivity index (χ1n) is 5.92. The van der Waals surface area contributed by atoms with Gasteiger partial charge in [0.15, 0.2) is 0 Å². The summed E-state index contributed by atoms with van der Waals surface area (Å²) in [7, 11) is 0. The lowest BCUT2D eigenvalue weighted by Gasteiger charge is -2.09. The van der Waals surface area contributed by atoms with Crippen molar-refractivity contribution in [3.8, 4) is 0 Å². The van der Waals surface area contributed by atoms with E-state index in [0.29, 0.717) is 4.58 Å². The summed E-state index contributed by atoms with van der Waals surface area (Å²) in [5, 5.41) is 2.89. The number of nitrogens with one attached hydrogen (secondary N) is 1. The van der Waals surface area contributed by atoms with Crippen LogP contribution in [0.2, 0.25) is 0 Å². The molecule has 1 saturated heterocycles. The largest absolute Gasteiger partial charge is 0.352 e. The van der Waals surface area contributed by atoms with E-state index < -0.39 is 0 Å².